The molecule has 1 aliphatic heterocycles. The van der Waals surface area contributed by atoms with Crippen molar-refractivity contribution in [2.75, 3.05) is 33.2 Å². The topological polar surface area (TPSA) is 120 Å². The molecule has 0 radical (unpaired) electrons. The Labute approximate surface area is 150 Å². The van der Waals surface area contributed by atoms with Gasteiger partial charge in [-0.15, -0.1) is 0 Å². The molecule has 2 rings (SSSR count). The Morgan fingerprint density at radius 3 is 2.58 bits per heavy atom. The molecule has 9 heteroatoms. The van der Waals surface area contributed by atoms with Gasteiger partial charge in [-0.1, -0.05) is 0 Å². The quantitative estimate of drug-likeness (QED) is 0.711. The summed E-state index contributed by atoms with van der Waals surface area (Å²) >= 11 is 0. The van der Waals surface area contributed by atoms with Gasteiger partial charge in [0.2, 0.25) is 11.8 Å². The monoisotopic (exact) mass is 365 g/mol. The molecule has 0 saturated carbocycles. The number of hydrogen-bond acceptors (Lipinski definition) is 5. The Kier molecular flexibility index (Phi) is 6.76. The van der Waals surface area contributed by atoms with Gasteiger partial charge < -0.3 is 24.6 Å². The normalized spacial score (nSPS) is 14.7. The van der Waals surface area contributed by atoms with E-state index in [-0.39, 0.29) is 37.1 Å². The molecule has 0 unspecified atom stereocenters. The van der Waals surface area contributed by atoms with Gasteiger partial charge in [0, 0.05) is 33.1 Å². The Hall–Kier alpha value is -2.84. The standard InChI is InChI=1S/C17H23N3O6/c1-19(11-15(22)20-8-5-12(6-9-20)17(24)25)14(21)4-7-18-16(23)13-3-2-10-26-13/h2-3,10,12H,4-9,11H2,1H3,(H,18,23)(H,24,25). The van der Waals surface area contributed by atoms with Crippen LogP contribution in [0.3, 0.4) is 0 Å². The van der Waals surface area contributed by atoms with Crippen LogP contribution in [-0.2, 0) is 14.4 Å². The van der Waals surface area contributed by atoms with Crippen molar-refractivity contribution < 1.29 is 28.7 Å². The Morgan fingerprint density at radius 1 is 1.31 bits per heavy atom. The first-order valence-corrected chi connectivity index (χ1v) is 8.44. The van der Waals surface area contributed by atoms with Crippen molar-refractivity contribution in [2.45, 2.75) is 19.3 Å². The summed E-state index contributed by atoms with van der Waals surface area (Å²) in [6, 6.07) is 3.12. The van der Waals surface area contributed by atoms with Gasteiger partial charge >= 0.3 is 5.97 Å². The Morgan fingerprint density at radius 2 is 2.00 bits per heavy atom. The number of furan rings is 1. The van der Waals surface area contributed by atoms with Gasteiger partial charge in [0.25, 0.3) is 5.91 Å². The van der Waals surface area contributed by atoms with Crippen molar-refractivity contribution >= 4 is 23.7 Å². The Balaban J connectivity index is 1.69. The van der Waals surface area contributed by atoms with Crippen LogP contribution in [0.2, 0.25) is 0 Å². The molecule has 0 atom stereocenters. The number of likely N-dealkylation sites (N-methyl/N-ethyl adjacent to an activating group) is 1. The fourth-order valence-corrected chi connectivity index (χ4v) is 2.74. The highest BCUT2D eigenvalue weighted by Crippen LogP contribution is 2.17. The van der Waals surface area contributed by atoms with Crippen LogP contribution >= 0.6 is 0 Å². The number of likely N-dealkylation sites (tertiary alicyclic amines) is 1. The van der Waals surface area contributed by atoms with E-state index in [1.807, 2.05) is 0 Å². The number of aliphatic carboxylic acids is 1. The second-order valence-electron chi connectivity index (χ2n) is 6.23. The maximum atomic E-state index is 12.2. The summed E-state index contributed by atoms with van der Waals surface area (Å²) in [5.74, 6) is -1.94. The van der Waals surface area contributed by atoms with Gasteiger partial charge in [0.15, 0.2) is 5.76 Å². The van der Waals surface area contributed by atoms with E-state index in [2.05, 4.69) is 5.32 Å². The van der Waals surface area contributed by atoms with E-state index < -0.39 is 17.8 Å². The molecule has 2 heterocycles. The molecule has 9 nitrogen and oxygen atoms in total. The molecule has 0 bridgehead atoms. The number of rotatable bonds is 7. The summed E-state index contributed by atoms with van der Waals surface area (Å²) in [4.78, 5) is 49.8. The van der Waals surface area contributed by atoms with Crippen LogP contribution < -0.4 is 5.32 Å². The van der Waals surface area contributed by atoms with E-state index in [1.54, 1.807) is 11.0 Å². The second-order valence-corrected chi connectivity index (χ2v) is 6.23. The highest BCUT2D eigenvalue weighted by Gasteiger charge is 2.27. The van der Waals surface area contributed by atoms with Gasteiger partial charge in [-0.05, 0) is 25.0 Å². The zero-order valence-electron chi connectivity index (χ0n) is 14.6. The van der Waals surface area contributed by atoms with Crippen LogP contribution in [0.1, 0.15) is 29.8 Å². The van der Waals surface area contributed by atoms with Gasteiger partial charge in [0.1, 0.15) is 0 Å². The molecule has 0 spiro atoms. The molecule has 1 fully saturated rings. The molecular weight excluding hydrogens is 342 g/mol. The minimum absolute atomic E-state index is 0.0668. The minimum Gasteiger partial charge on any atom is -0.481 e. The molecule has 1 saturated heterocycles. The van der Waals surface area contributed by atoms with Gasteiger partial charge in [-0.2, -0.15) is 0 Å². The zero-order chi connectivity index (χ0) is 19.1. The number of amides is 3. The van der Waals surface area contributed by atoms with E-state index >= 15 is 0 Å². The SMILES string of the molecule is CN(CC(=O)N1CCC(C(=O)O)CC1)C(=O)CCNC(=O)c1ccco1. The van der Waals surface area contributed by atoms with Crippen molar-refractivity contribution in [3.8, 4) is 0 Å². The lowest BCUT2D eigenvalue weighted by Gasteiger charge is -2.31. The van der Waals surface area contributed by atoms with Gasteiger partial charge in [0.05, 0.1) is 18.7 Å². The number of carboxylic acid groups (broad SMARTS) is 1. The minimum atomic E-state index is -0.832. The first-order chi connectivity index (χ1) is 12.4. The van der Waals surface area contributed by atoms with Crippen LogP contribution in [0.5, 0.6) is 0 Å². The lowest BCUT2D eigenvalue weighted by Crippen LogP contribution is -2.45. The highest BCUT2D eigenvalue weighted by atomic mass is 16.4. The molecule has 2 N–H and O–H groups in total. The number of carbonyl (C=O) groups excluding carboxylic acids is 3. The van der Waals surface area contributed by atoms with E-state index in [0.717, 1.165) is 0 Å². The van der Waals surface area contributed by atoms with Crippen molar-refractivity contribution in [3.63, 3.8) is 0 Å². The fraction of sp³-hybridized carbons (Fsp3) is 0.529. The largest absolute Gasteiger partial charge is 0.481 e. The number of nitrogens with zero attached hydrogens (tertiary/aromatic N) is 2. The van der Waals surface area contributed by atoms with E-state index in [0.29, 0.717) is 25.9 Å². The zero-order valence-corrected chi connectivity index (χ0v) is 14.6. The second kappa shape index (κ2) is 9.02. The first-order valence-electron chi connectivity index (χ1n) is 8.44. The van der Waals surface area contributed by atoms with Crippen molar-refractivity contribution in [3.05, 3.63) is 24.2 Å². The lowest BCUT2D eigenvalue weighted by molar-refractivity contribution is -0.146. The molecule has 142 valence electrons. The molecule has 1 aliphatic rings. The van der Waals surface area contributed by atoms with Crippen molar-refractivity contribution in [1.82, 2.24) is 15.1 Å². The fourth-order valence-electron chi connectivity index (χ4n) is 2.74. The molecular formula is C17H23N3O6. The average Bonchev–Trinajstić information content (AvgIpc) is 3.16. The summed E-state index contributed by atoms with van der Waals surface area (Å²) in [6.45, 7) is 0.845. The summed E-state index contributed by atoms with van der Waals surface area (Å²) in [6.07, 6.45) is 2.31. The predicted molar refractivity (Wildman–Crippen MR) is 90.2 cm³/mol. The molecule has 26 heavy (non-hydrogen) atoms. The molecule has 0 aromatic carbocycles. The smallest absolute Gasteiger partial charge is 0.306 e. The van der Waals surface area contributed by atoms with Crippen LogP contribution in [0.4, 0.5) is 0 Å². The van der Waals surface area contributed by atoms with Crippen LogP contribution in [0.15, 0.2) is 22.8 Å². The number of piperidine rings is 1. The van der Waals surface area contributed by atoms with E-state index in [9.17, 15) is 19.2 Å². The van der Waals surface area contributed by atoms with Gasteiger partial charge in [-0.25, -0.2) is 0 Å². The number of carbonyl (C=O) groups is 4. The summed E-state index contributed by atoms with van der Waals surface area (Å²) < 4.78 is 4.95. The number of nitrogens with one attached hydrogen (secondary N) is 1. The number of carboxylic acids is 1. The van der Waals surface area contributed by atoms with Crippen molar-refractivity contribution in [2.24, 2.45) is 5.92 Å². The molecule has 1 aromatic heterocycles. The Bertz CT molecular complexity index is 649. The summed E-state index contributed by atoms with van der Waals surface area (Å²) in [5, 5.41) is 11.5. The maximum absolute atomic E-state index is 12.2. The predicted octanol–water partition coefficient (Wildman–Crippen LogP) is 0.181. The van der Waals surface area contributed by atoms with E-state index in [1.165, 1.54) is 24.3 Å². The van der Waals surface area contributed by atoms with Crippen LogP contribution in [-0.4, -0.2) is 71.8 Å². The summed E-state index contributed by atoms with van der Waals surface area (Å²) in [7, 11) is 1.53. The van der Waals surface area contributed by atoms with Crippen LogP contribution in [0.25, 0.3) is 0 Å². The molecule has 3 amide bonds. The van der Waals surface area contributed by atoms with Gasteiger partial charge in [-0.3, -0.25) is 19.2 Å². The number of hydrogen-bond donors (Lipinski definition) is 2. The third-order valence-electron chi connectivity index (χ3n) is 4.36. The summed E-state index contributed by atoms with van der Waals surface area (Å²) in [5.41, 5.74) is 0. The third-order valence-corrected chi connectivity index (χ3v) is 4.36. The first kappa shape index (κ1) is 19.5. The van der Waals surface area contributed by atoms with E-state index in [4.69, 9.17) is 9.52 Å². The highest BCUT2D eigenvalue weighted by molar-refractivity contribution is 5.91. The third kappa shape index (κ3) is 5.33. The van der Waals surface area contributed by atoms with Crippen molar-refractivity contribution in [1.29, 1.82) is 0 Å². The molecule has 1 aromatic rings. The average molecular weight is 365 g/mol. The molecule has 0 aliphatic carbocycles. The lowest BCUT2D eigenvalue weighted by atomic mass is 9.97. The maximum Gasteiger partial charge on any atom is 0.306 e. The van der Waals surface area contributed by atoms with Crippen LogP contribution in [0, 0.1) is 5.92 Å².